The number of carbonyl (C=O) groups excluding carboxylic acids is 1. The molecule has 1 aliphatic carbocycles. The lowest BCUT2D eigenvalue weighted by atomic mass is 9.61. The van der Waals surface area contributed by atoms with E-state index >= 15 is 0 Å². The van der Waals surface area contributed by atoms with Gasteiger partial charge in [-0.15, -0.1) is 0 Å². The van der Waals surface area contributed by atoms with Gasteiger partial charge < -0.3 is 5.32 Å². The van der Waals surface area contributed by atoms with Crippen LogP contribution < -0.4 is 5.32 Å². The quantitative estimate of drug-likeness (QED) is 0.498. The van der Waals surface area contributed by atoms with Crippen LogP contribution in [0, 0.1) is 16.7 Å². The molecule has 1 aromatic heterocycles. The number of anilines is 1. The predicted octanol–water partition coefficient (Wildman–Crippen LogP) is 7.38. The van der Waals surface area contributed by atoms with Gasteiger partial charge in [0, 0.05) is 6.42 Å². The van der Waals surface area contributed by atoms with E-state index in [4.69, 9.17) is 0 Å². The first-order valence-electron chi connectivity index (χ1n) is 12.5. The maximum absolute atomic E-state index is 13.6. The number of nitrogens with one attached hydrogen (secondary N) is 1. The van der Waals surface area contributed by atoms with E-state index < -0.39 is 0 Å². The van der Waals surface area contributed by atoms with Gasteiger partial charge in [0.1, 0.15) is 5.82 Å². The number of aromatic nitrogens is 2. The number of ketones is 1. The van der Waals surface area contributed by atoms with Crippen LogP contribution in [0.3, 0.4) is 0 Å². The molecular formula is C28H41N3O. The van der Waals surface area contributed by atoms with E-state index in [1.807, 2.05) is 10.9 Å². The predicted molar refractivity (Wildman–Crippen MR) is 132 cm³/mol. The highest BCUT2D eigenvalue weighted by atomic mass is 16.1. The number of nitrogens with zero attached hydrogens (tertiary/aromatic N) is 2. The molecule has 4 rings (SSSR count). The minimum Gasteiger partial charge on any atom is -0.363 e. The highest BCUT2D eigenvalue weighted by Crippen LogP contribution is 2.49. The highest BCUT2D eigenvalue weighted by Gasteiger charge is 2.41. The van der Waals surface area contributed by atoms with Crippen LogP contribution in [0.5, 0.6) is 0 Å². The molecule has 0 bridgehead atoms. The molecule has 0 saturated heterocycles. The van der Waals surface area contributed by atoms with Crippen molar-refractivity contribution in [1.82, 2.24) is 9.78 Å². The van der Waals surface area contributed by atoms with Crippen LogP contribution in [0.25, 0.3) is 0 Å². The normalized spacial score (nSPS) is 27.4. The van der Waals surface area contributed by atoms with Crippen LogP contribution in [0.1, 0.15) is 108 Å². The summed E-state index contributed by atoms with van der Waals surface area (Å²) in [5.41, 5.74) is 2.38. The lowest BCUT2D eigenvalue weighted by Gasteiger charge is -2.43. The van der Waals surface area contributed by atoms with Crippen molar-refractivity contribution in [3.63, 3.8) is 0 Å². The Hall–Kier alpha value is -2.10. The van der Waals surface area contributed by atoms with Gasteiger partial charge >= 0.3 is 0 Å². The number of carbonyl (C=O) groups is 1. The molecule has 2 aromatic rings. The lowest BCUT2D eigenvalue weighted by Crippen LogP contribution is -2.38. The second-order valence-electron chi connectivity index (χ2n) is 12.0. The minimum atomic E-state index is -0.146. The largest absolute Gasteiger partial charge is 0.363 e. The van der Waals surface area contributed by atoms with Gasteiger partial charge in [-0.3, -0.25) is 4.79 Å². The van der Waals surface area contributed by atoms with Crippen LogP contribution in [0.15, 0.2) is 36.5 Å². The first-order chi connectivity index (χ1) is 15.0. The zero-order chi connectivity index (χ0) is 23.1. The molecule has 1 saturated carbocycles. The van der Waals surface area contributed by atoms with Crippen molar-refractivity contribution in [3.8, 4) is 0 Å². The molecule has 0 amide bonds. The molecular weight excluding hydrogens is 394 g/mol. The molecule has 1 N–H and O–H groups in total. The van der Waals surface area contributed by atoms with Crippen molar-refractivity contribution in [1.29, 1.82) is 0 Å². The van der Waals surface area contributed by atoms with Crippen LogP contribution in [-0.2, 0) is 5.54 Å². The minimum absolute atomic E-state index is 0.136. The van der Waals surface area contributed by atoms with E-state index in [1.54, 1.807) is 0 Å². The Morgan fingerprint density at radius 1 is 1.16 bits per heavy atom. The van der Waals surface area contributed by atoms with Gasteiger partial charge in [-0.1, -0.05) is 64.4 Å². The Bertz CT molecular complexity index is 943. The van der Waals surface area contributed by atoms with Crippen LogP contribution in [0.4, 0.5) is 5.82 Å². The van der Waals surface area contributed by atoms with Gasteiger partial charge in [0.25, 0.3) is 0 Å². The fraction of sp³-hybridized carbons (Fsp3) is 0.643. The van der Waals surface area contributed by atoms with E-state index in [2.05, 4.69) is 82.3 Å². The van der Waals surface area contributed by atoms with Crippen molar-refractivity contribution < 1.29 is 4.79 Å². The maximum atomic E-state index is 13.6. The summed E-state index contributed by atoms with van der Waals surface area (Å²) in [4.78, 5) is 13.6. The molecule has 1 fully saturated rings. The first-order valence-corrected chi connectivity index (χ1v) is 12.5. The molecule has 4 nitrogen and oxygen atoms in total. The van der Waals surface area contributed by atoms with Crippen molar-refractivity contribution in [2.24, 2.45) is 16.7 Å². The molecule has 0 radical (unpaired) electrons. The van der Waals surface area contributed by atoms with Crippen LogP contribution >= 0.6 is 0 Å². The van der Waals surface area contributed by atoms with E-state index in [1.165, 1.54) is 18.4 Å². The van der Waals surface area contributed by atoms with E-state index in [9.17, 15) is 4.79 Å². The fourth-order valence-corrected chi connectivity index (χ4v) is 6.03. The SMILES string of the molecule is CCC1(CC(=O)c2cnn3c2NC(c2ccccc2)CC3(C)C)CCC(C(C)(C)C)CC1. The molecule has 0 spiro atoms. The summed E-state index contributed by atoms with van der Waals surface area (Å²) in [6, 6.07) is 10.7. The average Bonchev–Trinajstić information content (AvgIpc) is 3.19. The molecule has 1 atom stereocenters. The topological polar surface area (TPSA) is 46.9 Å². The van der Waals surface area contributed by atoms with Gasteiger partial charge in [0.05, 0.1) is 23.3 Å². The highest BCUT2D eigenvalue weighted by molar-refractivity contribution is 6.01. The Kier molecular flexibility index (Phi) is 6.02. The van der Waals surface area contributed by atoms with Crippen molar-refractivity contribution in [2.45, 2.75) is 98.1 Å². The Balaban J connectivity index is 1.55. The van der Waals surface area contributed by atoms with Gasteiger partial charge in [0.2, 0.25) is 0 Å². The Morgan fingerprint density at radius 3 is 2.41 bits per heavy atom. The number of hydrogen-bond donors (Lipinski definition) is 1. The number of fused-ring (bicyclic) bond motifs is 1. The maximum Gasteiger partial charge on any atom is 0.168 e. The molecule has 1 aromatic carbocycles. The second-order valence-corrected chi connectivity index (χ2v) is 12.0. The van der Waals surface area contributed by atoms with Crippen LogP contribution in [-0.4, -0.2) is 15.6 Å². The lowest BCUT2D eigenvalue weighted by molar-refractivity contribution is 0.0645. The molecule has 174 valence electrons. The van der Waals surface area contributed by atoms with Crippen molar-refractivity contribution in [2.75, 3.05) is 5.32 Å². The fourth-order valence-electron chi connectivity index (χ4n) is 6.03. The smallest absolute Gasteiger partial charge is 0.168 e. The zero-order valence-electron chi connectivity index (χ0n) is 20.9. The first kappa shape index (κ1) is 23.1. The average molecular weight is 436 g/mol. The van der Waals surface area contributed by atoms with Crippen molar-refractivity contribution >= 4 is 11.6 Å². The second kappa shape index (κ2) is 8.35. The number of benzene rings is 1. The zero-order valence-corrected chi connectivity index (χ0v) is 20.9. The van der Waals surface area contributed by atoms with Crippen LogP contribution in [0.2, 0.25) is 0 Å². The molecule has 2 heterocycles. The van der Waals surface area contributed by atoms with E-state index in [-0.39, 0.29) is 22.8 Å². The standard InChI is InChI=1S/C28H41N3O/c1-7-28(15-13-21(14-16-28)26(2,3)4)18-24(32)22-19-29-31-25(22)30-23(17-27(31,5)6)20-11-9-8-10-12-20/h8-12,19,21,23,30H,7,13-18H2,1-6H3. The number of hydrogen-bond acceptors (Lipinski definition) is 3. The molecule has 2 aliphatic rings. The Morgan fingerprint density at radius 2 is 1.81 bits per heavy atom. The summed E-state index contributed by atoms with van der Waals surface area (Å²) in [5, 5.41) is 8.35. The Labute approximate surface area is 194 Å². The summed E-state index contributed by atoms with van der Waals surface area (Å²) in [7, 11) is 0. The molecule has 1 aliphatic heterocycles. The van der Waals surface area contributed by atoms with Gasteiger partial charge in [-0.25, -0.2) is 4.68 Å². The summed E-state index contributed by atoms with van der Waals surface area (Å²) in [6.45, 7) is 13.8. The molecule has 32 heavy (non-hydrogen) atoms. The molecule has 4 heteroatoms. The monoisotopic (exact) mass is 435 g/mol. The third-order valence-electron chi connectivity index (χ3n) is 8.42. The van der Waals surface area contributed by atoms with Gasteiger partial charge in [-0.05, 0) is 68.3 Å². The van der Waals surface area contributed by atoms with Crippen molar-refractivity contribution in [3.05, 3.63) is 47.7 Å². The van der Waals surface area contributed by atoms with E-state index in [0.29, 0.717) is 11.8 Å². The van der Waals surface area contributed by atoms with Gasteiger partial charge in [0.15, 0.2) is 5.78 Å². The third kappa shape index (κ3) is 4.38. The third-order valence-corrected chi connectivity index (χ3v) is 8.42. The molecule has 1 unspecified atom stereocenters. The van der Waals surface area contributed by atoms with Gasteiger partial charge in [-0.2, -0.15) is 5.10 Å². The summed E-state index contributed by atoms with van der Waals surface area (Å²) in [5.74, 6) is 1.91. The number of Topliss-reactive ketones (excluding diaryl/α,β-unsaturated/α-hetero) is 1. The summed E-state index contributed by atoms with van der Waals surface area (Å²) >= 11 is 0. The summed E-state index contributed by atoms with van der Waals surface area (Å²) in [6.07, 6.45) is 9.24. The van der Waals surface area contributed by atoms with E-state index in [0.717, 1.165) is 43.0 Å². The summed E-state index contributed by atoms with van der Waals surface area (Å²) < 4.78 is 2.04. The number of rotatable bonds is 5.